The molecule has 1 aromatic carbocycles. The van der Waals surface area contributed by atoms with Crippen molar-refractivity contribution < 1.29 is 4.74 Å². The maximum absolute atomic E-state index is 6.43. The van der Waals surface area contributed by atoms with E-state index in [0.717, 1.165) is 20.2 Å². The summed E-state index contributed by atoms with van der Waals surface area (Å²) in [5.74, 6) is 0.710. The topological polar surface area (TPSA) is 53.1 Å². The van der Waals surface area contributed by atoms with Crippen LogP contribution in [0.3, 0.4) is 0 Å². The van der Waals surface area contributed by atoms with Crippen molar-refractivity contribution in [3.05, 3.63) is 44.6 Å². The first-order valence-corrected chi connectivity index (χ1v) is 7.85. The number of benzene rings is 1. The molecule has 0 aliphatic carbocycles. The molecule has 1 heterocycles. The summed E-state index contributed by atoms with van der Waals surface area (Å²) in [6, 6.07) is 5.91. The minimum Gasteiger partial charge on any atom is -0.493 e. The zero-order valence-electron chi connectivity index (χ0n) is 11.6. The van der Waals surface area contributed by atoms with Crippen LogP contribution in [0.1, 0.15) is 37.2 Å². The SMILES string of the molecule is COc1cnn(C(C)C)c1C(N)c1cc(Br)cc(Br)c1. The van der Waals surface area contributed by atoms with Crippen LogP contribution >= 0.6 is 31.9 Å². The zero-order valence-corrected chi connectivity index (χ0v) is 14.8. The molecule has 0 bridgehead atoms. The van der Waals surface area contributed by atoms with Gasteiger partial charge in [-0.15, -0.1) is 0 Å². The third kappa shape index (κ3) is 3.07. The number of halogens is 2. The van der Waals surface area contributed by atoms with Crippen molar-refractivity contribution in [2.24, 2.45) is 5.73 Å². The van der Waals surface area contributed by atoms with Crippen LogP contribution in [0.15, 0.2) is 33.3 Å². The van der Waals surface area contributed by atoms with Gasteiger partial charge in [0.2, 0.25) is 0 Å². The molecule has 0 saturated carbocycles. The summed E-state index contributed by atoms with van der Waals surface area (Å²) in [5, 5.41) is 4.37. The van der Waals surface area contributed by atoms with E-state index in [1.807, 2.05) is 22.9 Å². The number of ether oxygens (including phenoxy) is 1. The van der Waals surface area contributed by atoms with Gasteiger partial charge in [-0.1, -0.05) is 31.9 Å². The van der Waals surface area contributed by atoms with E-state index in [2.05, 4.69) is 50.8 Å². The highest BCUT2D eigenvalue weighted by Crippen LogP contribution is 2.32. The van der Waals surface area contributed by atoms with Crippen molar-refractivity contribution in [2.45, 2.75) is 25.9 Å². The molecule has 0 spiro atoms. The molecule has 2 rings (SSSR count). The molecular weight excluding hydrogens is 386 g/mol. The monoisotopic (exact) mass is 401 g/mol. The summed E-state index contributed by atoms with van der Waals surface area (Å²) in [7, 11) is 1.63. The van der Waals surface area contributed by atoms with E-state index in [1.54, 1.807) is 13.3 Å². The fourth-order valence-electron chi connectivity index (χ4n) is 2.13. The molecule has 0 amide bonds. The predicted molar refractivity (Wildman–Crippen MR) is 87.0 cm³/mol. The molecule has 0 aliphatic rings. The molecule has 6 heteroatoms. The van der Waals surface area contributed by atoms with E-state index >= 15 is 0 Å². The highest BCUT2D eigenvalue weighted by atomic mass is 79.9. The summed E-state index contributed by atoms with van der Waals surface area (Å²) in [4.78, 5) is 0. The Morgan fingerprint density at radius 3 is 2.30 bits per heavy atom. The van der Waals surface area contributed by atoms with Crippen molar-refractivity contribution in [1.82, 2.24) is 9.78 Å². The number of hydrogen-bond acceptors (Lipinski definition) is 3. The smallest absolute Gasteiger partial charge is 0.161 e. The minimum atomic E-state index is -0.302. The van der Waals surface area contributed by atoms with Gasteiger partial charge in [-0.25, -0.2) is 0 Å². The second kappa shape index (κ2) is 6.28. The Hall–Kier alpha value is -0.850. The maximum Gasteiger partial charge on any atom is 0.161 e. The molecule has 0 aliphatic heterocycles. The van der Waals surface area contributed by atoms with E-state index < -0.39 is 0 Å². The normalized spacial score (nSPS) is 12.8. The van der Waals surface area contributed by atoms with E-state index in [4.69, 9.17) is 10.5 Å². The van der Waals surface area contributed by atoms with Crippen LogP contribution in [0.2, 0.25) is 0 Å². The molecule has 1 aromatic heterocycles. The van der Waals surface area contributed by atoms with Gasteiger partial charge < -0.3 is 10.5 Å². The molecule has 20 heavy (non-hydrogen) atoms. The van der Waals surface area contributed by atoms with Gasteiger partial charge in [0.25, 0.3) is 0 Å². The Kier molecular flexibility index (Phi) is 4.88. The lowest BCUT2D eigenvalue weighted by atomic mass is 10.0. The molecule has 0 radical (unpaired) electrons. The first-order chi connectivity index (χ1) is 9.43. The Labute approximate surface area is 135 Å². The van der Waals surface area contributed by atoms with Crippen molar-refractivity contribution in [2.75, 3.05) is 7.11 Å². The van der Waals surface area contributed by atoms with Crippen LogP contribution in [0.25, 0.3) is 0 Å². The lowest BCUT2D eigenvalue weighted by Crippen LogP contribution is -2.19. The van der Waals surface area contributed by atoms with Gasteiger partial charge in [-0.3, -0.25) is 4.68 Å². The van der Waals surface area contributed by atoms with Crippen molar-refractivity contribution in [1.29, 1.82) is 0 Å². The minimum absolute atomic E-state index is 0.218. The zero-order chi connectivity index (χ0) is 14.9. The van der Waals surface area contributed by atoms with Gasteiger partial charge in [0.15, 0.2) is 5.75 Å². The number of aromatic nitrogens is 2. The molecule has 108 valence electrons. The first kappa shape index (κ1) is 15.5. The first-order valence-electron chi connectivity index (χ1n) is 6.27. The fourth-order valence-corrected chi connectivity index (χ4v) is 3.46. The second-order valence-corrected chi connectivity index (χ2v) is 6.65. The number of rotatable bonds is 4. The van der Waals surface area contributed by atoms with E-state index in [9.17, 15) is 0 Å². The summed E-state index contributed by atoms with van der Waals surface area (Å²) in [6.07, 6.45) is 1.71. The Morgan fingerprint density at radius 2 is 1.80 bits per heavy atom. The summed E-state index contributed by atoms with van der Waals surface area (Å²) in [6.45, 7) is 4.14. The number of nitrogens with zero attached hydrogens (tertiary/aromatic N) is 2. The van der Waals surface area contributed by atoms with E-state index in [-0.39, 0.29) is 12.1 Å². The van der Waals surface area contributed by atoms with Gasteiger partial charge in [-0.2, -0.15) is 5.10 Å². The molecule has 4 nitrogen and oxygen atoms in total. The number of hydrogen-bond donors (Lipinski definition) is 1. The fraction of sp³-hybridized carbons (Fsp3) is 0.357. The summed E-state index contributed by atoms with van der Waals surface area (Å²) in [5.41, 5.74) is 8.31. The van der Waals surface area contributed by atoms with Gasteiger partial charge in [0.05, 0.1) is 19.3 Å². The third-order valence-corrected chi connectivity index (χ3v) is 3.96. The van der Waals surface area contributed by atoms with Crippen molar-refractivity contribution in [3.8, 4) is 5.75 Å². The molecule has 0 saturated heterocycles. The highest BCUT2D eigenvalue weighted by molar-refractivity contribution is 9.11. The van der Waals surface area contributed by atoms with Crippen molar-refractivity contribution in [3.63, 3.8) is 0 Å². The average molecular weight is 403 g/mol. The van der Waals surface area contributed by atoms with Crippen LogP contribution < -0.4 is 10.5 Å². The summed E-state index contributed by atoms with van der Waals surface area (Å²) < 4.78 is 9.25. The number of methoxy groups -OCH3 is 1. The quantitative estimate of drug-likeness (QED) is 0.839. The highest BCUT2D eigenvalue weighted by Gasteiger charge is 2.22. The van der Waals surface area contributed by atoms with Crippen LogP contribution in [-0.4, -0.2) is 16.9 Å². The maximum atomic E-state index is 6.43. The van der Waals surface area contributed by atoms with Gasteiger partial charge >= 0.3 is 0 Å². The largest absolute Gasteiger partial charge is 0.493 e. The lowest BCUT2D eigenvalue weighted by molar-refractivity contribution is 0.401. The van der Waals surface area contributed by atoms with E-state index in [1.165, 1.54) is 0 Å². The average Bonchev–Trinajstić information content (AvgIpc) is 2.80. The van der Waals surface area contributed by atoms with Gasteiger partial charge in [0.1, 0.15) is 5.69 Å². The molecular formula is C14H17Br2N3O. The third-order valence-electron chi connectivity index (χ3n) is 3.05. The summed E-state index contributed by atoms with van der Waals surface area (Å²) >= 11 is 6.98. The molecule has 1 unspecified atom stereocenters. The van der Waals surface area contributed by atoms with Crippen LogP contribution in [-0.2, 0) is 0 Å². The van der Waals surface area contributed by atoms with Gasteiger partial charge in [0, 0.05) is 15.0 Å². The Bertz CT molecular complexity index is 590. The standard InChI is InChI=1S/C14H17Br2N3O/c1-8(2)19-14(12(20-3)7-18-19)13(17)9-4-10(15)6-11(16)5-9/h4-8,13H,17H2,1-3H3. The Balaban J connectivity index is 2.51. The predicted octanol–water partition coefficient (Wildman–Crippen LogP) is 4.05. The number of nitrogens with two attached hydrogens (primary N) is 1. The molecule has 0 fully saturated rings. The van der Waals surface area contributed by atoms with E-state index in [0.29, 0.717) is 5.75 Å². The van der Waals surface area contributed by atoms with Crippen molar-refractivity contribution >= 4 is 31.9 Å². The van der Waals surface area contributed by atoms with Gasteiger partial charge in [-0.05, 0) is 37.6 Å². The second-order valence-electron chi connectivity index (χ2n) is 4.82. The Morgan fingerprint density at radius 1 is 1.20 bits per heavy atom. The van der Waals surface area contributed by atoms with Crippen LogP contribution in [0.4, 0.5) is 0 Å². The molecule has 2 aromatic rings. The molecule has 1 atom stereocenters. The van der Waals surface area contributed by atoms with Crippen LogP contribution in [0.5, 0.6) is 5.75 Å². The molecule has 2 N–H and O–H groups in total. The lowest BCUT2D eigenvalue weighted by Gasteiger charge is -2.19. The van der Waals surface area contributed by atoms with Crippen LogP contribution in [0, 0.1) is 0 Å².